The van der Waals surface area contributed by atoms with Gasteiger partial charge in [0.1, 0.15) is 0 Å². The van der Waals surface area contributed by atoms with Crippen LogP contribution in [0.2, 0.25) is 0 Å². The number of hydrogen-bond donors (Lipinski definition) is 4. The Bertz CT molecular complexity index is 224. The van der Waals surface area contributed by atoms with Crippen molar-refractivity contribution in [2.24, 2.45) is 46.6 Å². The second-order valence-electron chi connectivity index (χ2n) is 7.63. The molecule has 8 N–H and O–H groups in total. The summed E-state index contributed by atoms with van der Waals surface area (Å²) in [5.74, 6) is 3.19. The molecule has 0 aromatic rings. The van der Waals surface area contributed by atoms with Gasteiger partial charge in [-0.2, -0.15) is 0 Å². The molecule has 0 bridgehead atoms. The summed E-state index contributed by atoms with van der Waals surface area (Å²) >= 11 is 0. The smallest absolute Gasteiger partial charge is 0.00746 e. The van der Waals surface area contributed by atoms with E-state index in [1.807, 2.05) is 0 Å². The highest BCUT2D eigenvalue weighted by molar-refractivity contribution is 4.63. The lowest BCUT2D eigenvalue weighted by atomic mass is 9.88. The summed E-state index contributed by atoms with van der Waals surface area (Å²) in [5.41, 5.74) is 21.8. The van der Waals surface area contributed by atoms with Crippen LogP contribution in [0.5, 0.6) is 0 Å². The van der Waals surface area contributed by atoms with Crippen LogP contribution in [0, 0.1) is 23.7 Å². The Balaban J connectivity index is 0. The Labute approximate surface area is 152 Å². The molecule has 24 heavy (non-hydrogen) atoms. The van der Waals surface area contributed by atoms with E-state index < -0.39 is 0 Å². The van der Waals surface area contributed by atoms with E-state index >= 15 is 0 Å². The van der Waals surface area contributed by atoms with Crippen LogP contribution >= 0.6 is 0 Å². The number of rotatable bonds is 14. The first-order valence-corrected chi connectivity index (χ1v) is 10.2. The van der Waals surface area contributed by atoms with Crippen LogP contribution in [-0.4, -0.2) is 26.2 Å². The molecule has 0 aliphatic heterocycles. The molecule has 0 saturated heterocycles. The van der Waals surface area contributed by atoms with Gasteiger partial charge < -0.3 is 22.9 Å². The minimum atomic E-state index is 0.771. The highest BCUT2D eigenvalue weighted by atomic mass is 14.5. The summed E-state index contributed by atoms with van der Waals surface area (Å²) in [4.78, 5) is 0. The molecule has 148 valence electrons. The lowest BCUT2D eigenvalue weighted by molar-refractivity contribution is 0.334. The Morgan fingerprint density at radius 3 is 1.08 bits per heavy atom. The van der Waals surface area contributed by atoms with Gasteiger partial charge in [-0.25, -0.2) is 0 Å². The number of hydrogen-bond acceptors (Lipinski definition) is 4. The molecule has 0 heterocycles. The molecular formula is C20H48N4. The van der Waals surface area contributed by atoms with Crippen LogP contribution in [0.25, 0.3) is 0 Å². The largest absolute Gasteiger partial charge is 0.330 e. The van der Waals surface area contributed by atoms with Crippen LogP contribution < -0.4 is 22.9 Å². The van der Waals surface area contributed by atoms with Crippen molar-refractivity contribution in [3.8, 4) is 0 Å². The van der Waals surface area contributed by atoms with Crippen LogP contribution in [0.4, 0.5) is 0 Å². The van der Waals surface area contributed by atoms with E-state index in [1.54, 1.807) is 0 Å². The van der Waals surface area contributed by atoms with E-state index in [1.165, 1.54) is 32.1 Å². The highest BCUT2D eigenvalue weighted by Gasteiger charge is 2.11. The molecule has 0 aliphatic carbocycles. The molecule has 4 heteroatoms. The maximum atomic E-state index is 5.50. The maximum absolute atomic E-state index is 5.50. The third kappa shape index (κ3) is 16.7. The zero-order chi connectivity index (χ0) is 18.8. The van der Waals surface area contributed by atoms with Crippen molar-refractivity contribution in [3.05, 3.63) is 0 Å². The van der Waals surface area contributed by atoms with Gasteiger partial charge in [0, 0.05) is 0 Å². The fraction of sp³-hybridized carbons (Fsp3) is 1.00. The van der Waals surface area contributed by atoms with Gasteiger partial charge in [0.05, 0.1) is 0 Å². The van der Waals surface area contributed by atoms with Crippen molar-refractivity contribution in [2.45, 2.75) is 79.1 Å². The van der Waals surface area contributed by atoms with Gasteiger partial charge in [0.25, 0.3) is 0 Å². The normalized spacial score (nSPS) is 16.0. The summed E-state index contributed by atoms with van der Waals surface area (Å²) in [6.45, 7) is 12.5. The summed E-state index contributed by atoms with van der Waals surface area (Å²) in [7, 11) is 0. The first kappa shape index (κ1) is 26.1. The van der Waals surface area contributed by atoms with Crippen LogP contribution in [-0.2, 0) is 0 Å². The quantitative estimate of drug-likeness (QED) is 0.362. The third-order valence-corrected chi connectivity index (χ3v) is 5.41. The molecule has 0 radical (unpaired) electrons. The molecule has 0 fully saturated rings. The fourth-order valence-corrected chi connectivity index (χ4v) is 2.89. The van der Waals surface area contributed by atoms with E-state index in [0.717, 1.165) is 69.1 Å². The van der Waals surface area contributed by atoms with Crippen molar-refractivity contribution in [1.82, 2.24) is 0 Å². The molecule has 4 atom stereocenters. The number of unbranched alkanes of at least 4 members (excludes halogenated alkanes) is 1. The summed E-state index contributed by atoms with van der Waals surface area (Å²) < 4.78 is 0. The van der Waals surface area contributed by atoms with Crippen molar-refractivity contribution in [2.75, 3.05) is 26.2 Å². The highest BCUT2D eigenvalue weighted by Crippen LogP contribution is 2.21. The molecule has 4 nitrogen and oxygen atoms in total. The molecule has 0 spiro atoms. The zero-order valence-corrected chi connectivity index (χ0v) is 17.1. The van der Waals surface area contributed by atoms with Crippen LogP contribution in [0.1, 0.15) is 79.1 Å². The van der Waals surface area contributed by atoms with Crippen molar-refractivity contribution >= 4 is 0 Å². The molecule has 4 unspecified atom stereocenters. The third-order valence-electron chi connectivity index (χ3n) is 5.41. The maximum Gasteiger partial charge on any atom is -0.00746 e. The Morgan fingerprint density at radius 1 is 0.417 bits per heavy atom. The number of nitrogens with two attached hydrogens (primary N) is 4. The summed E-state index contributed by atoms with van der Waals surface area (Å²) in [6.07, 6.45) is 9.75. The topological polar surface area (TPSA) is 104 Å². The molecule has 0 aromatic carbocycles. The minimum Gasteiger partial charge on any atom is -0.330 e. The zero-order valence-electron chi connectivity index (χ0n) is 17.1. The monoisotopic (exact) mass is 344 g/mol. The molecule has 0 rings (SSSR count). The summed E-state index contributed by atoms with van der Waals surface area (Å²) in [6, 6.07) is 0. The molecule has 0 aliphatic rings. The SMILES string of the molecule is CC(CCCN)C(C)CCCN.CC(CCN)C(C)CCCCN. The average molecular weight is 345 g/mol. The Kier molecular flexibility index (Phi) is 20.8. The van der Waals surface area contributed by atoms with Crippen LogP contribution in [0.15, 0.2) is 0 Å². The average Bonchev–Trinajstić information content (AvgIpc) is 2.58. The lowest BCUT2D eigenvalue weighted by Gasteiger charge is -2.18. The Hall–Kier alpha value is -0.160. The van der Waals surface area contributed by atoms with Crippen molar-refractivity contribution in [1.29, 1.82) is 0 Å². The summed E-state index contributed by atoms with van der Waals surface area (Å²) in [5, 5.41) is 0. The van der Waals surface area contributed by atoms with Gasteiger partial charge in [-0.15, -0.1) is 0 Å². The van der Waals surface area contributed by atoms with Crippen molar-refractivity contribution in [3.63, 3.8) is 0 Å². The van der Waals surface area contributed by atoms with Gasteiger partial charge in [0.15, 0.2) is 0 Å². The van der Waals surface area contributed by atoms with E-state index in [0.29, 0.717) is 0 Å². The predicted octanol–water partition coefficient (Wildman–Crippen LogP) is 3.47. The van der Waals surface area contributed by atoms with E-state index in [-0.39, 0.29) is 0 Å². The van der Waals surface area contributed by atoms with E-state index in [9.17, 15) is 0 Å². The van der Waals surface area contributed by atoms with Gasteiger partial charge in [0.2, 0.25) is 0 Å². The van der Waals surface area contributed by atoms with Gasteiger partial charge in [-0.1, -0.05) is 40.5 Å². The predicted molar refractivity (Wildman–Crippen MR) is 110 cm³/mol. The second-order valence-corrected chi connectivity index (χ2v) is 7.63. The molecule has 0 saturated carbocycles. The Morgan fingerprint density at radius 2 is 0.750 bits per heavy atom. The van der Waals surface area contributed by atoms with Crippen LogP contribution in [0.3, 0.4) is 0 Å². The van der Waals surface area contributed by atoms with Gasteiger partial charge in [-0.3, -0.25) is 0 Å². The molecule has 0 aromatic heterocycles. The molecular weight excluding hydrogens is 296 g/mol. The first-order valence-electron chi connectivity index (χ1n) is 10.2. The molecule has 0 amide bonds. The van der Waals surface area contributed by atoms with E-state index in [2.05, 4.69) is 27.7 Å². The van der Waals surface area contributed by atoms with E-state index in [4.69, 9.17) is 22.9 Å². The van der Waals surface area contributed by atoms with Gasteiger partial charge >= 0.3 is 0 Å². The second kappa shape index (κ2) is 19.2. The first-order chi connectivity index (χ1) is 11.4. The standard InChI is InChI=1S/2C10H24N2/c1-9(5-3-7-11)10(2)6-4-8-12;1-9(5-3-4-7-11)10(2)6-8-12/h2*9-10H,3-8,11-12H2,1-2H3. The fourth-order valence-electron chi connectivity index (χ4n) is 2.89. The lowest BCUT2D eigenvalue weighted by Crippen LogP contribution is -2.13. The minimum absolute atomic E-state index is 0.771. The van der Waals surface area contributed by atoms with Gasteiger partial charge in [-0.05, 0) is 88.4 Å². The van der Waals surface area contributed by atoms with Crippen molar-refractivity contribution < 1.29 is 0 Å².